The largest absolute Gasteiger partial charge is 0.126 e. The van der Waals surface area contributed by atoms with Gasteiger partial charge in [-0.25, -0.2) is 0 Å². The van der Waals surface area contributed by atoms with Gasteiger partial charge >= 0.3 is 0 Å². The van der Waals surface area contributed by atoms with E-state index in [1.165, 1.54) is 42.4 Å². The van der Waals surface area contributed by atoms with E-state index in [0.717, 1.165) is 6.42 Å². The van der Waals surface area contributed by atoms with Crippen LogP contribution in [-0.2, 0) is 6.42 Å². The van der Waals surface area contributed by atoms with E-state index in [1.807, 2.05) is 0 Å². The maximum atomic E-state index is 6.36. The van der Waals surface area contributed by atoms with Crippen LogP contribution in [0.3, 0.4) is 0 Å². The molecule has 19 heavy (non-hydrogen) atoms. The summed E-state index contributed by atoms with van der Waals surface area (Å²) >= 11 is 12.7. The summed E-state index contributed by atoms with van der Waals surface area (Å²) in [7, 11) is 0. The van der Waals surface area contributed by atoms with E-state index in [0.29, 0.717) is 17.7 Å². The molecule has 0 N–H and O–H groups in total. The van der Waals surface area contributed by atoms with E-state index in [-0.39, 0.29) is 5.41 Å². The second-order valence-corrected chi connectivity index (χ2v) is 6.75. The third-order valence-electron chi connectivity index (χ3n) is 4.80. The summed E-state index contributed by atoms with van der Waals surface area (Å²) in [5.74, 6) is 2.05. The Morgan fingerprint density at radius 1 is 1.11 bits per heavy atom. The Kier molecular flexibility index (Phi) is 5.20. The molecule has 2 rings (SSSR count). The van der Waals surface area contributed by atoms with Crippen molar-refractivity contribution in [3.05, 3.63) is 34.9 Å². The highest BCUT2D eigenvalue weighted by Gasteiger charge is 2.39. The molecular weight excluding hydrogens is 275 g/mol. The van der Waals surface area contributed by atoms with Crippen LogP contribution in [0.15, 0.2) is 18.2 Å². The van der Waals surface area contributed by atoms with E-state index >= 15 is 0 Å². The van der Waals surface area contributed by atoms with E-state index in [1.54, 1.807) is 0 Å². The van der Waals surface area contributed by atoms with E-state index in [9.17, 15) is 0 Å². The van der Waals surface area contributed by atoms with Gasteiger partial charge in [0, 0.05) is 17.2 Å². The van der Waals surface area contributed by atoms with Gasteiger partial charge in [0.15, 0.2) is 0 Å². The van der Waals surface area contributed by atoms with Crippen molar-refractivity contribution in [3.63, 3.8) is 0 Å². The number of benzene rings is 1. The van der Waals surface area contributed by atoms with E-state index in [2.05, 4.69) is 32.0 Å². The first kappa shape index (κ1) is 15.2. The molecule has 2 heteroatoms. The zero-order chi connectivity index (χ0) is 13.9. The number of alkyl halides is 2. The lowest BCUT2D eigenvalue weighted by molar-refractivity contribution is 0.224. The van der Waals surface area contributed by atoms with Gasteiger partial charge in [0.05, 0.1) is 0 Å². The summed E-state index contributed by atoms with van der Waals surface area (Å²) in [6.45, 7) is 4.35. The molecular formula is C17H24Cl2. The van der Waals surface area contributed by atoms with Crippen LogP contribution in [0, 0.1) is 25.2 Å². The van der Waals surface area contributed by atoms with E-state index in [4.69, 9.17) is 23.2 Å². The predicted molar refractivity (Wildman–Crippen MR) is 85.5 cm³/mol. The molecule has 0 aromatic heterocycles. The molecule has 1 aliphatic rings. The van der Waals surface area contributed by atoms with Crippen LogP contribution < -0.4 is 0 Å². The molecule has 0 bridgehead atoms. The molecule has 1 fully saturated rings. The molecule has 0 heterocycles. The van der Waals surface area contributed by atoms with Gasteiger partial charge in [-0.05, 0) is 50.2 Å². The minimum absolute atomic E-state index is 0.0815. The Morgan fingerprint density at radius 2 is 1.74 bits per heavy atom. The second-order valence-electron chi connectivity index (χ2n) is 6.22. The van der Waals surface area contributed by atoms with Crippen LogP contribution in [-0.4, -0.2) is 11.8 Å². The summed E-state index contributed by atoms with van der Waals surface area (Å²) in [6, 6.07) is 6.70. The highest BCUT2D eigenvalue weighted by Crippen LogP contribution is 2.44. The molecule has 0 saturated heterocycles. The lowest BCUT2D eigenvalue weighted by Gasteiger charge is -2.36. The van der Waals surface area contributed by atoms with Crippen LogP contribution in [0.25, 0.3) is 0 Å². The maximum absolute atomic E-state index is 6.36. The van der Waals surface area contributed by atoms with Gasteiger partial charge in [-0.15, -0.1) is 23.2 Å². The first-order valence-electron chi connectivity index (χ1n) is 7.29. The number of hydrogen-bond acceptors (Lipinski definition) is 0. The van der Waals surface area contributed by atoms with Gasteiger partial charge < -0.3 is 0 Å². The molecule has 1 aromatic carbocycles. The van der Waals surface area contributed by atoms with Crippen LogP contribution >= 0.6 is 23.2 Å². The van der Waals surface area contributed by atoms with Crippen molar-refractivity contribution >= 4 is 23.2 Å². The molecule has 0 amide bonds. The number of aryl methyl sites for hydroxylation is 2. The third-order valence-corrected chi connectivity index (χ3v) is 5.87. The number of halogens is 2. The Bertz CT molecular complexity index is 415. The topological polar surface area (TPSA) is 0 Å². The fraction of sp³-hybridized carbons (Fsp3) is 0.647. The molecule has 0 aliphatic heterocycles. The van der Waals surface area contributed by atoms with Gasteiger partial charge in [-0.2, -0.15) is 0 Å². The first-order chi connectivity index (χ1) is 9.11. The first-order valence-corrected chi connectivity index (χ1v) is 8.36. The molecule has 1 aliphatic carbocycles. The fourth-order valence-corrected chi connectivity index (χ4v) is 4.31. The molecule has 0 radical (unpaired) electrons. The number of hydrogen-bond donors (Lipinski definition) is 0. The smallest absolute Gasteiger partial charge is 0.0297 e. The predicted octanol–water partition coefficient (Wildman–Crippen LogP) is 5.50. The molecule has 0 spiro atoms. The molecule has 1 saturated carbocycles. The van der Waals surface area contributed by atoms with Gasteiger partial charge in [0.2, 0.25) is 0 Å². The lowest BCUT2D eigenvalue weighted by Crippen LogP contribution is -2.36. The summed E-state index contributed by atoms with van der Waals surface area (Å²) in [4.78, 5) is 0. The van der Waals surface area contributed by atoms with Gasteiger partial charge in [0.25, 0.3) is 0 Å². The average molecular weight is 299 g/mol. The lowest BCUT2D eigenvalue weighted by atomic mass is 9.72. The van der Waals surface area contributed by atoms with Crippen molar-refractivity contribution in [2.75, 3.05) is 11.8 Å². The van der Waals surface area contributed by atoms with Crippen molar-refractivity contribution in [1.82, 2.24) is 0 Å². The van der Waals surface area contributed by atoms with Crippen molar-refractivity contribution in [2.45, 2.75) is 46.0 Å². The summed E-state index contributed by atoms with van der Waals surface area (Å²) < 4.78 is 0. The van der Waals surface area contributed by atoms with Crippen molar-refractivity contribution < 1.29 is 0 Å². The quantitative estimate of drug-likeness (QED) is 0.630. The highest BCUT2D eigenvalue weighted by atomic mass is 35.5. The molecule has 0 nitrogen and oxygen atoms in total. The van der Waals surface area contributed by atoms with E-state index < -0.39 is 0 Å². The molecule has 0 unspecified atom stereocenters. The Labute approximate surface area is 127 Å². The van der Waals surface area contributed by atoms with Crippen molar-refractivity contribution in [3.8, 4) is 0 Å². The standard InChI is InChI=1S/C17H24Cl2/c1-13-7-8-14(2)15(9-13)10-17(11-18,12-19)16-5-3-4-6-16/h7-9,16H,3-6,10-12H2,1-2H3. The maximum Gasteiger partial charge on any atom is 0.0297 e. The van der Waals surface area contributed by atoms with Crippen molar-refractivity contribution in [2.24, 2.45) is 11.3 Å². The molecule has 106 valence electrons. The van der Waals surface area contributed by atoms with Crippen LogP contribution in [0.4, 0.5) is 0 Å². The van der Waals surface area contributed by atoms with Gasteiger partial charge in [-0.1, -0.05) is 36.6 Å². The Balaban J connectivity index is 2.27. The average Bonchev–Trinajstić information content (AvgIpc) is 2.94. The van der Waals surface area contributed by atoms with Gasteiger partial charge in [-0.3, -0.25) is 0 Å². The fourth-order valence-electron chi connectivity index (χ4n) is 3.40. The zero-order valence-corrected chi connectivity index (χ0v) is 13.5. The highest BCUT2D eigenvalue weighted by molar-refractivity contribution is 6.21. The Morgan fingerprint density at radius 3 is 2.32 bits per heavy atom. The molecule has 1 aromatic rings. The summed E-state index contributed by atoms with van der Waals surface area (Å²) in [5.41, 5.74) is 4.19. The Hall–Kier alpha value is -0.200. The normalized spacial score (nSPS) is 17.1. The summed E-state index contributed by atoms with van der Waals surface area (Å²) in [6.07, 6.45) is 6.30. The molecule has 0 atom stereocenters. The second kappa shape index (κ2) is 6.50. The van der Waals surface area contributed by atoms with Gasteiger partial charge in [0.1, 0.15) is 0 Å². The SMILES string of the molecule is Cc1ccc(C)c(CC(CCl)(CCl)C2CCCC2)c1. The monoisotopic (exact) mass is 298 g/mol. The summed E-state index contributed by atoms with van der Waals surface area (Å²) in [5, 5.41) is 0. The van der Waals surface area contributed by atoms with Crippen LogP contribution in [0.2, 0.25) is 0 Å². The minimum atomic E-state index is 0.0815. The van der Waals surface area contributed by atoms with Crippen LogP contribution in [0.1, 0.15) is 42.4 Å². The number of rotatable bonds is 5. The minimum Gasteiger partial charge on any atom is -0.126 e. The van der Waals surface area contributed by atoms with Crippen molar-refractivity contribution in [1.29, 1.82) is 0 Å². The zero-order valence-electron chi connectivity index (χ0n) is 12.0. The van der Waals surface area contributed by atoms with Crippen LogP contribution in [0.5, 0.6) is 0 Å². The third kappa shape index (κ3) is 3.28.